The molecule has 5 nitrogen and oxygen atoms in total. The number of piperidine rings is 1. The van der Waals surface area contributed by atoms with E-state index in [4.69, 9.17) is 0 Å². The predicted molar refractivity (Wildman–Crippen MR) is 104 cm³/mol. The molecule has 1 aliphatic heterocycles. The van der Waals surface area contributed by atoms with Crippen LogP contribution in [0.5, 0.6) is 0 Å². The molecule has 1 heterocycles. The van der Waals surface area contributed by atoms with Crippen molar-refractivity contribution >= 4 is 10.2 Å². The van der Waals surface area contributed by atoms with E-state index in [1.165, 1.54) is 0 Å². The zero-order valence-corrected chi connectivity index (χ0v) is 16.8. The number of nitrogens with one attached hydrogen (secondary N) is 1. The van der Waals surface area contributed by atoms with Crippen LogP contribution < -0.4 is 5.32 Å². The van der Waals surface area contributed by atoms with E-state index < -0.39 is 10.2 Å². The minimum absolute atomic E-state index is 0.0400. The van der Waals surface area contributed by atoms with Gasteiger partial charge in [-0.2, -0.15) is 17.0 Å². The highest BCUT2D eigenvalue weighted by molar-refractivity contribution is 7.86. The molecule has 142 valence electrons. The molecule has 1 atom stereocenters. The summed E-state index contributed by atoms with van der Waals surface area (Å²) >= 11 is 0. The Balaban J connectivity index is 2.21. The molecule has 1 saturated heterocycles. The number of nitrogens with zero attached hydrogens (tertiary/aromatic N) is 2. The normalized spacial score (nSPS) is 19.9. The summed E-state index contributed by atoms with van der Waals surface area (Å²) < 4.78 is 30.2. The fourth-order valence-corrected chi connectivity index (χ4v) is 5.31. The zero-order chi connectivity index (χ0) is 18.4. The zero-order valence-electron chi connectivity index (χ0n) is 16.0. The largest absolute Gasteiger partial charge is 0.313 e. The molecule has 1 aliphatic rings. The van der Waals surface area contributed by atoms with Gasteiger partial charge in [-0.15, -0.1) is 0 Å². The molecule has 0 amide bonds. The van der Waals surface area contributed by atoms with Crippen LogP contribution in [0.4, 0.5) is 0 Å². The van der Waals surface area contributed by atoms with Gasteiger partial charge in [0.05, 0.1) is 0 Å². The van der Waals surface area contributed by atoms with Crippen molar-refractivity contribution in [2.24, 2.45) is 0 Å². The van der Waals surface area contributed by atoms with Crippen LogP contribution in [0.25, 0.3) is 0 Å². The van der Waals surface area contributed by atoms with Crippen molar-refractivity contribution in [3.05, 3.63) is 35.9 Å². The second-order valence-electron chi connectivity index (χ2n) is 7.46. The van der Waals surface area contributed by atoms with Crippen molar-refractivity contribution in [3.8, 4) is 0 Å². The molecule has 6 heteroatoms. The van der Waals surface area contributed by atoms with Gasteiger partial charge in [0.1, 0.15) is 0 Å². The molecule has 1 N–H and O–H groups in total. The monoisotopic (exact) mass is 367 g/mol. The van der Waals surface area contributed by atoms with Gasteiger partial charge in [-0.1, -0.05) is 50.6 Å². The second kappa shape index (κ2) is 9.12. The van der Waals surface area contributed by atoms with Gasteiger partial charge >= 0.3 is 0 Å². The fourth-order valence-electron chi connectivity index (χ4n) is 3.28. The average Bonchev–Trinajstić information content (AvgIpc) is 2.58. The third kappa shape index (κ3) is 5.51. The summed E-state index contributed by atoms with van der Waals surface area (Å²) in [4.78, 5) is 0. The van der Waals surface area contributed by atoms with Gasteiger partial charge < -0.3 is 5.32 Å². The van der Waals surface area contributed by atoms with Gasteiger partial charge in [0.25, 0.3) is 10.2 Å². The van der Waals surface area contributed by atoms with Crippen LogP contribution in [0.15, 0.2) is 30.3 Å². The second-order valence-corrected chi connectivity index (χ2v) is 9.29. The number of benzene rings is 1. The minimum atomic E-state index is -3.49. The van der Waals surface area contributed by atoms with Gasteiger partial charge in [-0.25, -0.2) is 0 Å². The maximum Gasteiger partial charge on any atom is 0.282 e. The molecule has 1 aromatic carbocycles. The van der Waals surface area contributed by atoms with E-state index in [-0.39, 0.29) is 12.1 Å². The lowest BCUT2D eigenvalue weighted by atomic mass is 10.0. The summed E-state index contributed by atoms with van der Waals surface area (Å²) in [5, 5.41) is 3.41. The lowest BCUT2D eigenvalue weighted by molar-refractivity contribution is 0.213. The smallest absolute Gasteiger partial charge is 0.282 e. The summed E-state index contributed by atoms with van der Waals surface area (Å²) in [5.74, 6) is 0. The van der Waals surface area contributed by atoms with Gasteiger partial charge in [-0.05, 0) is 32.3 Å². The summed E-state index contributed by atoms with van der Waals surface area (Å²) in [6.45, 7) is 9.84. The highest BCUT2D eigenvalue weighted by atomic mass is 32.2. The Hall–Kier alpha value is -0.950. The van der Waals surface area contributed by atoms with Gasteiger partial charge in [0.15, 0.2) is 0 Å². The SMILES string of the molecule is CC(C)NCC1CCCCN1S(=O)(=O)N(Cc1ccccc1)C(C)C. The first kappa shape index (κ1) is 20.4. The van der Waals surface area contributed by atoms with Crippen molar-refractivity contribution < 1.29 is 8.42 Å². The fraction of sp³-hybridized carbons (Fsp3) is 0.684. The lowest BCUT2D eigenvalue weighted by Crippen LogP contribution is -2.55. The first-order valence-corrected chi connectivity index (χ1v) is 10.8. The Kier molecular flexibility index (Phi) is 7.43. The first-order chi connectivity index (χ1) is 11.8. The van der Waals surface area contributed by atoms with Crippen molar-refractivity contribution in [1.29, 1.82) is 0 Å². The Morgan fingerprint density at radius 3 is 2.44 bits per heavy atom. The van der Waals surface area contributed by atoms with Crippen molar-refractivity contribution in [2.45, 2.75) is 71.6 Å². The van der Waals surface area contributed by atoms with Crippen molar-refractivity contribution in [1.82, 2.24) is 13.9 Å². The summed E-state index contributed by atoms with van der Waals surface area (Å²) in [5.41, 5.74) is 1.02. The van der Waals surface area contributed by atoms with Crippen LogP contribution in [-0.2, 0) is 16.8 Å². The Morgan fingerprint density at radius 1 is 1.16 bits per heavy atom. The number of rotatable bonds is 8. The Morgan fingerprint density at radius 2 is 1.84 bits per heavy atom. The van der Waals surface area contributed by atoms with Gasteiger partial charge in [-0.3, -0.25) is 0 Å². The topological polar surface area (TPSA) is 52.7 Å². The quantitative estimate of drug-likeness (QED) is 0.768. The van der Waals surface area contributed by atoms with Crippen LogP contribution in [0, 0.1) is 0 Å². The van der Waals surface area contributed by atoms with E-state index in [0.717, 1.165) is 24.8 Å². The molecule has 0 aliphatic carbocycles. The molecule has 1 fully saturated rings. The molecule has 0 aromatic heterocycles. The number of hydrogen-bond acceptors (Lipinski definition) is 3. The van der Waals surface area contributed by atoms with Crippen molar-refractivity contribution in [3.63, 3.8) is 0 Å². The van der Waals surface area contributed by atoms with Crippen LogP contribution in [0.2, 0.25) is 0 Å². The third-order valence-corrected chi connectivity index (χ3v) is 6.90. The van der Waals surface area contributed by atoms with Crippen LogP contribution in [0.1, 0.15) is 52.5 Å². The molecule has 25 heavy (non-hydrogen) atoms. The average molecular weight is 368 g/mol. The highest BCUT2D eigenvalue weighted by Gasteiger charge is 2.37. The highest BCUT2D eigenvalue weighted by Crippen LogP contribution is 2.25. The van der Waals surface area contributed by atoms with E-state index in [1.54, 1.807) is 8.61 Å². The molecule has 0 spiro atoms. The lowest BCUT2D eigenvalue weighted by Gasteiger charge is -2.39. The Labute approximate surface area is 153 Å². The van der Waals surface area contributed by atoms with Crippen LogP contribution in [-0.4, -0.2) is 48.2 Å². The van der Waals surface area contributed by atoms with Gasteiger partial charge in [0, 0.05) is 37.8 Å². The third-order valence-electron chi connectivity index (χ3n) is 4.68. The molecular weight excluding hydrogens is 334 g/mol. The van der Waals surface area contributed by atoms with Crippen LogP contribution in [0.3, 0.4) is 0 Å². The molecular formula is C19H33N3O2S. The first-order valence-electron chi connectivity index (χ1n) is 9.38. The molecule has 0 radical (unpaired) electrons. The molecule has 0 bridgehead atoms. The molecule has 0 saturated carbocycles. The summed E-state index contributed by atoms with van der Waals surface area (Å²) in [7, 11) is -3.49. The molecule has 2 rings (SSSR count). The van der Waals surface area contributed by atoms with E-state index in [0.29, 0.717) is 25.7 Å². The minimum Gasteiger partial charge on any atom is -0.313 e. The Bertz CT molecular complexity index is 617. The van der Waals surface area contributed by atoms with Crippen LogP contribution >= 0.6 is 0 Å². The predicted octanol–water partition coefficient (Wildman–Crippen LogP) is 2.99. The maximum atomic E-state index is 13.4. The van der Waals surface area contributed by atoms with E-state index in [2.05, 4.69) is 19.2 Å². The van der Waals surface area contributed by atoms with E-state index in [9.17, 15) is 8.42 Å². The van der Waals surface area contributed by atoms with E-state index >= 15 is 0 Å². The van der Waals surface area contributed by atoms with E-state index in [1.807, 2.05) is 44.2 Å². The number of hydrogen-bond donors (Lipinski definition) is 1. The molecule has 1 unspecified atom stereocenters. The molecule has 1 aromatic rings. The van der Waals surface area contributed by atoms with Crippen molar-refractivity contribution in [2.75, 3.05) is 13.1 Å². The van der Waals surface area contributed by atoms with Gasteiger partial charge in [0.2, 0.25) is 0 Å². The standard InChI is InChI=1S/C19H33N3O2S/c1-16(2)20-14-19-12-8-9-13-21(19)25(23,24)22(17(3)4)15-18-10-6-5-7-11-18/h5-7,10-11,16-17,19-20H,8-9,12-15H2,1-4H3. The summed E-state index contributed by atoms with van der Waals surface area (Å²) in [6, 6.07) is 10.2. The maximum absolute atomic E-state index is 13.4. The summed E-state index contributed by atoms with van der Waals surface area (Å²) in [6.07, 6.45) is 2.96.